The zero-order chi connectivity index (χ0) is 11.2. The van der Waals surface area contributed by atoms with Gasteiger partial charge in [-0.2, -0.15) is 5.10 Å². The summed E-state index contributed by atoms with van der Waals surface area (Å²) in [6.45, 7) is 2.64. The van der Waals surface area contributed by atoms with E-state index in [9.17, 15) is 0 Å². The highest BCUT2D eigenvalue weighted by Crippen LogP contribution is 1.96. The lowest BCUT2D eigenvalue weighted by Gasteiger charge is -1.94. The van der Waals surface area contributed by atoms with Gasteiger partial charge in [0.15, 0.2) is 0 Å². The van der Waals surface area contributed by atoms with E-state index >= 15 is 0 Å². The van der Waals surface area contributed by atoms with Crippen molar-refractivity contribution in [2.75, 3.05) is 0 Å². The topological polar surface area (TPSA) is 43.6 Å². The second-order valence-electron chi connectivity index (χ2n) is 3.25. The molecule has 0 aromatic carbocycles. The number of aromatic nitrogens is 4. The normalized spacial score (nSPS) is 9.56. The van der Waals surface area contributed by atoms with E-state index in [0.29, 0.717) is 6.54 Å². The SMILES string of the molecule is CCc1cc(C#CCn2cccn2)ncn1. The zero-order valence-electron chi connectivity index (χ0n) is 9.09. The van der Waals surface area contributed by atoms with E-state index in [0.717, 1.165) is 17.8 Å². The summed E-state index contributed by atoms with van der Waals surface area (Å²) >= 11 is 0. The van der Waals surface area contributed by atoms with Crippen LogP contribution in [0.4, 0.5) is 0 Å². The van der Waals surface area contributed by atoms with Gasteiger partial charge in [-0.25, -0.2) is 9.97 Å². The minimum absolute atomic E-state index is 0.582. The second kappa shape index (κ2) is 5.08. The molecule has 0 saturated heterocycles. The molecule has 80 valence electrons. The highest BCUT2D eigenvalue weighted by molar-refractivity contribution is 5.27. The van der Waals surface area contributed by atoms with Crippen LogP contribution in [-0.4, -0.2) is 19.7 Å². The van der Waals surface area contributed by atoms with E-state index in [-0.39, 0.29) is 0 Å². The Morgan fingerprint density at radius 2 is 2.31 bits per heavy atom. The van der Waals surface area contributed by atoms with Crippen molar-refractivity contribution in [2.45, 2.75) is 19.9 Å². The molecule has 0 atom stereocenters. The van der Waals surface area contributed by atoms with Gasteiger partial charge in [-0.3, -0.25) is 4.68 Å². The number of nitrogens with zero attached hydrogens (tertiary/aromatic N) is 4. The first kappa shape index (κ1) is 10.4. The van der Waals surface area contributed by atoms with E-state index in [1.807, 2.05) is 18.3 Å². The molecule has 4 heteroatoms. The number of rotatable bonds is 2. The lowest BCUT2D eigenvalue weighted by molar-refractivity contribution is 0.715. The third-order valence-electron chi connectivity index (χ3n) is 2.10. The lowest BCUT2D eigenvalue weighted by Crippen LogP contribution is -1.95. The molecule has 0 fully saturated rings. The van der Waals surface area contributed by atoms with Crippen molar-refractivity contribution in [2.24, 2.45) is 0 Å². The fourth-order valence-corrected chi connectivity index (χ4v) is 1.26. The fraction of sp³-hybridized carbons (Fsp3) is 0.250. The van der Waals surface area contributed by atoms with Crippen LogP contribution in [0.1, 0.15) is 18.3 Å². The van der Waals surface area contributed by atoms with Gasteiger partial charge in [0.05, 0.1) is 0 Å². The Balaban J connectivity index is 2.06. The smallest absolute Gasteiger partial charge is 0.117 e. The summed E-state index contributed by atoms with van der Waals surface area (Å²) in [5, 5.41) is 4.06. The van der Waals surface area contributed by atoms with Crippen LogP contribution in [-0.2, 0) is 13.0 Å². The minimum Gasteiger partial charge on any atom is -0.261 e. The van der Waals surface area contributed by atoms with Crippen LogP contribution in [0.3, 0.4) is 0 Å². The van der Waals surface area contributed by atoms with Gasteiger partial charge in [0.1, 0.15) is 18.6 Å². The molecule has 2 aromatic rings. The van der Waals surface area contributed by atoms with Crippen molar-refractivity contribution in [3.8, 4) is 11.8 Å². The van der Waals surface area contributed by atoms with Crippen LogP contribution < -0.4 is 0 Å². The first-order valence-corrected chi connectivity index (χ1v) is 5.15. The molecule has 0 unspecified atom stereocenters. The fourth-order valence-electron chi connectivity index (χ4n) is 1.26. The average molecular weight is 212 g/mol. The van der Waals surface area contributed by atoms with Gasteiger partial charge in [0.25, 0.3) is 0 Å². The van der Waals surface area contributed by atoms with Crippen LogP contribution in [0.5, 0.6) is 0 Å². The van der Waals surface area contributed by atoms with Crippen molar-refractivity contribution in [3.63, 3.8) is 0 Å². The zero-order valence-corrected chi connectivity index (χ0v) is 9.09. The molecule has 2 rings (SSSR count). The van der Waals surface area contributed by atoms with Crippen LogP contribution >= 0.6 is 0 Å². The van der Waals surface area contributed by atoms with Crippen LogP contribution in [0.15, 0.2) is 30.9 Å². The van der Waals surface area contributed by atoms with Crippen LogP contribution in [0.2, 0.25) is 0 Å². The molecule has 16 heavy (non-hydrogen) atoms. The molecule has 4 nitrogen and oxygen atoms in total. The quantitative estimate of drug-likeness (QED) is 0.704. The molecule has 0 spiro atoms. The molecule has 0 aliphatic heterocycles. The van der Waals surface area contributed by atoms with Crippen molar-refractivity contribution in [1.29, 1.82) is 0 Å². The third kappa shape index (κ3) is 2.67. The Kier molecular flexibility index (Phi) is 3.29. The molecular weight excluding hydrogens is 200 g/mol. The monoisotopic (exact) mass is 212 g/mol. The first-order valence-electron chi connectivity index (χ1n) is 5.15. The van der Waals surface area contributed by atoms with E-state index < -0.39 is 0 Å². The molecule has 0 radical (unpaired) electrons. The molecule has 0 aliphatic carbocycles. The van der Waals surface area contributed by atoms with Crippen LogP contribution in [0.25, 0.3) is 0 Å². The average Bonchev–Trinajstić information content (AvgIpc) is 2.82. The largest absolute Gasteiger partial charge is 0.261 e. The summed E-state index contributed by atoms with van der Waals surface area (Å²) in [5.41, 5.74) is 1.78. The van der Waals surface area contributed by atoms with E-state index in [1.54, 1.807) is 17.2 Å². The van der Waals surface area contributed by atoms with E-state index in [2.05, 4.69) is 33.8 Å². The summed E-state index contributed by atoms with van der Waals surface area (Å²) in [6, 6.07) is 3.79. The maximum Gasteiger partial charge on any atom is 0.117 e. The number of hydrogen-bond acceptors (Lipinski definition) is 3. The van der Waals surface area contributed by atoms with E-state index in [1.165, 1.54) is 0 Å². The Morgan fingerprint density at radius 1 is 1.38 bits per heavy atom. The highest BCUT2D eigenvalue weighted by Gasteiger charge is 1.92. The molecule has 2 aromatic heterocycles. The van der Waals surface area contributed by atoms with Crippen LogP contribution in [0, 0.1) is 11.8 Å². The standard InChI is InChI=1S/C12H12N4/c1-2-11-9-12(14-10-13-11)5-3-7-16-8-4-6-15-16/h4,6,8-10H,2,7H2,1H3. The molecule has 0 saturated carbocycles. The molecule has 0 bridgehead atoms. The number of aryl methyl sites for hydroxylation is 1. The van der Waals surface area contributed by atoms with Gasteiger partial charge in [-0.1, -0.05) is 12.8 Å². The van der Waals surface area contributed by atoms with Gasteiger partial charge < -0.3 is 0 Å². The Hall–Kier alpha value is -2.15. The lowest BCUT2D eigenvalue weighted by atomic mass is 10.3. The van der Waals surface area contributed by atoms with Crippen molar-refractivity contribution in [1.82, 2.24) is 19.7 Å². The van der Waals surface area contributed by atoms with E-state index in [4.69, 9.17) is 0 Å². The predicted molar refractivity (Wildman–Crippen MR) is 60.5 cm³/mol. The highest BCUT2D eigenvalue weighted by atomic mass is 15.3. The Morgan fingerprint density at radius 3 is 3.06 bits per heavy atom. The van der Waals surface area contributed by atoms with Crippen molar-refractivity contribution in [3.05, 3.63) is 42.2 Å². The molecule has 2 heterocycles. The maximum atomic E-state index is 4.12. The Labute approximate surface area is 94.4 Å². The van der Waals surface area contributed by atoms with Gasteiger partial charge in [-0.15, -0.1) is 0 Å². The maximum absolute atomic E-state index is 4.12. The van der Waals surface area contributed by atoms with Crippen molar-refractivity contribution < 1.29 is 0 Å². The van der Waals surface area contributed by atoms with Gasteiger partial charge >= 0.3 is 0 Å². The molecule has 0 N–H and O–H groups in total. The third-order valence-corrected chi connectivity index (χ3v) is 2.10. The molecule has 0 aliphatic rings. The van der Waals surface area contributed by atoms with Crippen molar-refractivity contribution >= 4 is 0 Å². The predicted octanol–water partition coefficient (Wildman–Crippen LogP) is 1.29. The summed E-state index contributed by atoms with van der Waals surface area (Å²) in [5.74, 6) is 6.01. The number of hydrogen-bond donors (Lipinski definition) is 0. The first-order chi connectivity index (χ1) is 7.88. The molecular formula is C12H12N4. The summed E-state index contributed by atoms with van der Waals surface area (Å²) in [4.78, 5) is 8.21. The van der Waals surface area contributed by atoms with Gasteiger partial charge in [0.2, 0.25) is 0 Å². The van der Waals surface area contributed by atoms with Gasteiger partial charge in [-0.05, 0) is 24.5 Å². The van der Waals surface area contributed by atoms with Gasteiger partial charge in [0, 0.05) is 18.1 Å². The second-order valence-corrected chi connectivity index (χ2v) is 3.25. The molecule has 0 amide bonds. The summed E-state index contributed by atoms with van der Waals surface area (Å²) < 4.78 is 1.77. The Bertz CT molecular complexity index is 505. The minimum atomic E-state index is 0.582. The summed E-state index contributed by atoms with van der Waals surface area (Å²) in [6.07, 6.45) is 6.07. The summed E-state index contributed by atoms with van der Waals surface area (Å²) in [7, 11) is 0.